The molecule has 0 spiro atoms. The maximum absolute atomic E-state index is 3.49. The van der Waals surface area contributed by atoms with Crippen molar-refractivity contribution in [3.05, 3.63) is 0 Å². The van der Waals surface area contributed by atoms with Gasteiger partial charge < -0.3 is 9.96 Å². The van der Waals surface area contributed by atoms with E-state index >= 15 is 0 Å². The maximum Gasteiger partial charge on any atom is 0.181 e. The van der Waals surface area contributed by atoms with E-state index in [1.165, 1.54) is 25.9 Å². The van der Waals surface area contributed by atoms with Gasteiger partial charge in [-0.05, 0) is 32.5 Å². The molecule has 0 atom stereocenters. The molecule has 0 saturated carbocycles. The first kappa shape index (κ1) is 10.1. The summed E-state index contributed by atoms with van der Waals surface area (Å²) < 4.78 is 0. The van der Waals surface area contributed by atoms with Crippen molar-refractivity contribution in [3.8, 4) is 0 Å². The lowest BCUT2D eigenvalue weighted by Gasteiger charge is -2.11. The number of rotatable bonds is 6. The minimum Gasteiger partial charge on any atom is -0.328 e. The monoisotopic (exact) mass is 160 g/mol. The van der Waals surface area contributed by atoms with E-state index < -0.39 is 9.12 Å². The smallest absolute Gasteiger partial charge is 0.181 e. The third-order valence-electron chi connectivity index (χ3n) is 1.40. The summed E-state index contributed by atoms with van der Waals surface area (Å²) in [6, 6.07) is 0. The first-order valence-electron chi connectivity index (χ1n) is 4.28. The molecule has 10 heavy (non-hydrogen) atoms. The second-order valence-corrected chi connectivity index (χ2v) is 4.89. The first-order chi connectivity index (χ1) is 4.81. The van der Waals surface area contributed by atoms with Crippen molar-refractivity contribution in [1.82, 2.24) is 9.96 Å². The normalized spacial score (nSPS) is 10.8. The molecule has 0 rings (SSSR count). The molecule has 0 unspecified atom stereocenters. The second kappa shape index (κ2) is 7.25. The molecule has 0 aliphatic rings. The highest BCUT2D eigenvalue weighted by Gasteiger charge is 1.98. The topological polar surface area (TPSA) is 24.1 Å². The lowest BCUT2D eigenvalue weighted by atomic mass is 10.5. The molecule has 0 radical (unpaired) electrons. The molecule has 2 N–H and O–H groups in total. The van der Waals surface area contributed by atoms with Crippen LogP contribution in [0, 0.1) is 0 Å². The zero-order chi connectivity index (χ0) is 7.82. The Balaban J connectivity index is 3.00. The molecule has 0 aromatic rings. The van der Waals surface area contributed by atoms with E-state index in [2.05, 4.69) is 30.4 Å². The van der Waals surface area contributed by atoms with Crippen molar-refractivity contribution in [2.45, 2.75) is 33.2 Å². The van der Waals surface area contributed by atoms with Gasteiger partial charge in [-0.3, -0.25) is 0 Å². The molecule has 2 nitrogen and oxygen atoms in total. The Morgan fingerprint density at radius 2 is 1.40 bits per heavy atom. The third-order valence-corrected chi connectivity index (χ3v) is 3.20. The second-order valence-electron chi connectivity index (χ2n) is 2.63. The average Bonchev–Trinajstić information content (AvgIpc) is 1.97. The molecule has 0 heterocycles. The Kier molecular flexibility index (Phi) is 7.35. The molecular weight excluding hydrogens is 140 g/mol. The fourth-order valence-electron chi connectivity index (χ4n) is 0.794. The van der Waals surface area contributed by atoms with Gasteiger partial charge in [-0.25, -0.2) is 0 Å². The first-order valence-corrected chi connectivity index (χ1v) is 6.59. The van der Waals surface area contributed by atoms with Crippen molar-refractivity contribution in [3.63, 3.8) is 0 Å². The van der Waals surface area contributed by atoms with Crippen molar-refractivity contribution in [2.75, 3.05) is 13.1 Å². The van der Waals surface area contributed by atoms with Gasteiger partial charge in [0.25, 0.3) is 0 Å². The molecule has 0 amide bonds. The van der Waals surface area contributed by atoms with Crippen LogP contribution >= 0.6 is 0 Å². The summed E-state index contributed by atoms with van der Waals surface area (Å²) in [4.78, 5) is 6.99. The summed E-state index contributed by atoms with van der Waals surface area (Å²) in [5, 5.41) is 0. The average molecular weight is 160 g/mol. The minimum absolute atomic E-state index is 0.737. The van der Waals surface area contributed by atoms with Crippen molar-refractivity contribution in [2.24, 2.45) is 0 Å². The van der Waals surface area contributed by atoms with Crippen LogP contribution in [-0.4, -0.2) is 22.2 Å². The zero-order valence-corrected chi connectivity index (χ0v) is 8.56. The van der Waals surface area contributed by atoms with Crippen LogP contribution in [-0.2, 0) is 0 Å². The largest absolute Gasteiger partial charge is 0.328 e. The van der Waals surface area contributed by atoms with Crippen LogP contribution in [0.5, 0.6) is 0 Å². The number of hydrogen-bond acceptors (Lipinski definition) is 2. The van der Waals surface area contributed by atoms with Gasteiger partial charge in [0.15, 0.2) is 9.12 Å². The van der Waals surface area contributed by atoms with Gasteiger partial charge in [-0.15, -0.1) is 0 Å². The highest BCUT2D eigenvalue weighted by atomic mass is 28.3. The third kappa shape index (κ3) is 6.26. The van der Waals surface area contributed by atoms with E-state index in [9.17, 15) is 0 Å². The maximum atomic E-state index is 3.49. The standard InChI is InChI=1S/C7H20N2Si/c1-4-6-8-10(3)9-7-5-2/h8-10H,4-7H2,1-3H3. The van der Waals surface area contributed by atoms with Crippen LogP contribution in [0.2, 0.25) is 6.55 Å². The Morgan fingerprint density at radius 3 is 1.70 bits per heavy atom. The Hall–Kier alpha value is 0.137. The van der Waals surface area contributed by atoms with Crippen molar-refractivity contribution < 1.29 is 0 Å². The van der Waals surface area contributed by atoms with Crippen LogP contribution in [0.1, 0.15) is 26.7 Å². The number of nitrogens with one attached hydrogen (secondary N) is 2. The van der Waals surface area contributed by atoms with Gasteiger partial charge in [0, 0.05) is 0 Å². The molecule has 0 aliphatic carbocycles. The molecule has 0 aromatic heterocycles. The highest BCUT2D eigenvalue weighted by molar-refractivity contribution is 6.51. The Morgan fingerprint density at radius 1 is 1.00 bits per heavy atom. The summed E-state index contributed by atoms with van der Waals surface area (Å²) in [5.41, 5.74) is 0. The van der Waals surface area contributed by atoms with Gasteiger partial charge in [-0.2, -0.15) is 0 Å². The van der Waals surface area contributed by atoms with Gasteiger partial charge >= 0.3 is 0 Å². The molecule has 0 saturated heterocycles. The highest BCUT2D eigenvalue weighted by Crippen LogP contribution is 1.75. The molecule has 0 bridgehead atoms. The summed E-state index contributed by atoms with van der Waals surface area (Å²) in [6.07, 6.45) is 2.48. The van der Waals surface area contributed by atoms with E-state index in [0.29, 0.717) is 0 Å². The molecule has 0 aromatic carbocycles. The van der Waals surface area contributed by atoms with E-state index in [0.717, 1.165) is 0 Å². The van der Waals surface area contributed by atoms with Gasteiger partial charge in [0.05, 0.1) is 0 Å². The predicted octanol–water partition coefficient (Wildman–Crippen LogP) is 0.836. The van der Waals surface area contributed by atoms with Crippen LogP contribution in [0.25, 0.3) is 0 Å². The van der Waals surface area contributed by atoms with Crippen molar-refractivity contribution >= 4 is 9.12 Å². The van der Waals surface area contributed by atoms with E-state index in [1.54, 1.807) is 0 Å². The van der Waals surface area contributed by atoms with Gasteiger partial charge in [-0.1, -0.05) is 13.8 Å². The molecule has 0 aliphatic heterocycles. The fraction of sp³-hybridized carbons (Fsp3) is 1.00. The quantitative estimate of drug-likeness (QED) is 0.563. The minimum atomic E-state index is -0.737. The summed E-state index contributed by atoms with van der Waals surface area (Å²) >= 11 is 0. The molecular formula is C7H20N2Si. The molecule has 62 valence electrons. The van der Waals surface area contributed by atoms with Gasteiger partial charge in [0.2, 0.25) is 0 Å². The zero-order valence-electron chi connectivity index (χ0n) is 7.41. The lowest BCUT2D eigenvalue weighted by Crippen LogP contribution is -2.45. The summed E-state index contributed by atoms with van der Waals surface area (Å²) in [7, 11) is -0.737. The number of hydrogen-bond donors (Lipinski definition) is 2. The fourth-order valence-corrected chi connectivity index (χ4v) is 2.38. The van der Waals surface area contributed by atoms with E-state index in [-0.39, 0.29) is 0 Å². The molecule has 3 heteroatoms. The van der Waals surface area contributed by atoms with Crippen LogP contribution in [0.15, 0.2) is 0 Å². The van der Waals surface area contributed by atoms with Crippen LogP contribution in [0.4, 0.5) is 0 Å². The van der Waals surface area contributed by atoms with Crippen molar-refractivity contribution in [1.29, 1.82) is 0 Å². The Bertz CT molecular complexity index is 60.6. The van der Waals surface area contributed by atoms with E-state index in [1.807, 2.05) is 0 Å². The predicted molar refractivity (Wildman–Crippen MR) is 49.6 cm³/mol. The Labute approximate surface area is 66.2 Å². The van der Waals surface area contributed by atoms with E-state index in [4.69, 9.17) is 0 Å². The van der Waals surface area contributed by atoms with Gasteiger partial charge in [0.1, 0.15) is 0 Å². The SMILES string of the molecule is CCCN[SiH](C)NCCC. The lowest BCUT2D eigenvalue weighted by molar-refractivity contribution is 0.792. The summed E-state index contributed by atoms with van der Waals surface area (Å²) in [5.74, 6) is 0. The summed E-state index contributed by atoms with van der Waals surface area (Å²) in [6.45, 7) is 9.04. The molecule has 0 fully saturated rings. The van der Waals surface area contributed by atoms with Crippen LogP contribution in [0.3, 0.4) is 0 Å². The van der Waals surface area contributed by atoms with Crippen LogP contribution < -0.4 is 9.96 Å².